The topological polar surface area (TPSA) is 32.3 Å². The molecule has 2 aliphatic heterocycles. The van der Waals surface area contributed by atoms with Crippen LogP contribution in [0.25, 0.3) is 0 Å². The summed E-state index contributed by atoms with van der Waals surface area (Å²) in [5.74, 6) is 1.22. The molecular weight excluding hydrogens is 224 g/mol. The first-order chi connectivity index (χ1) is 8.75. The molecule has 3 heteroatoms. The number of amides is 1. The van der Waals surface area contributed by atoms with Gasteiger partial charge in [0, 0.05) is 31.1 Å². The molecule has 0 aromatic carbocycles. The predicted octanol–water partition coefficient (Wildman–Crippen LogP) is 2.31. The molecular formula is C15H26N2O. The molecule has 3 atom stereocenters. The molecule has 1 aliphatic carbocycles. The average Bonchev–Trinajstić information content (AvgIpc) is 2.97. The van der Waals surface area contributed by atoms with Crippen molar-refractivity contribution in [3.05, 3.63) is 0 Å². The SMILES string of the molecule is C[C@@H](NC1CC(=O)N2CCCC12)C1CCCCC1. The Morgan fingerprint density at radius 3 is 2.72 bits per heavy atom. The molecule has 0 radical (unpaired) electrons. The molecule has 2 unspecified atom stereocenters. The minimum atomic E-state index is 0.380. The normalized spacial score (nSPS) is 34.9. The lowest BCUT2D eigenvalue weighted by atomic mass is 9.84. The number of carbonyl (C=O) groups is 1. The summed E-state index contributed by atoms with van der Waals surface area (Å²) in [6, 6.07) is 1.52. The Labute approximate surface area is 110 Å². The van der Waals surface area contributed by atoms with Gasteiger partial charge in [-0.15, -0.1) is 0 Å². The van der Waals surface area contributed by atoms with E-state index in [-0.39, 0.29) is 0 Å². The van der Waals surface area contributed by atoms with Crippen molar-refractivity contribution in [2.45, 2.75) is 76.4 Å². The van der Waals surface area contributed by atoms with Gasteiger partial charge in [-0.25, -0.2) is 0 Å². The molecule has 2 heterocycles. The van der Waals surface area contributed by atoms with Gasteiger partial charge in [-0.1, -0.05) is 19.3 Å². The summed E-state index contributed by atoms with van der Waals surface area (Å²) in [4.78, 5) is 14.0. The fraction of sp³-hybridized carbons (Fsp3) is 0.933. The number of nitrogens with one attached hydrogen (secondary N) is 1. The lowest BCUT2D eigenvalue weighted by molar-refractivity contribution is -0.127. The van der Waals surface area contributed by atoms with Crippen LogP contribution in [0.5, 0.6) is 0 Å². The van der Waals surface area contributed by atoms with Crippen LogP contribution in [0.1, 0.15) is 58.3 Å². The molecule has 0 bridgehead atoms. The van der Waals surface area contributed by atoms with Crippen molar-refractivity contribution < 1.29 is 4.79 Å². The zero-order valence-corrected chi connectivity index (χ0v) is 11.5. The highest BCUT2D eigenvalue weighted by molar-refractivity contribution is 5.80. The van der Waals surface area contributed by atoms with Gasteiger partial charge in [0.1, 0.15) is 0 Å². The Morgan fingerprint density at radius 1 is 1.17 bits per heavy atom. The number of nitrogens with zero attached hydrogens (tertiary/aromatic N) is 1. The van der Waals surface area contributed by atoms with Gasteiger partial charge in [0.05, 0.1) is 0 Å². The van der Waals surface area contributed by atoms with Gasteiger partial charge in [-0.05, 0) is 38.5 Å². The predicted molar refractivity (Wildman–Crippen MR) is 72.3 cm³/mol. The van der Waals surface area contributed by atoms with E-state index in [1.807, 2.05) is 0 Å². The maximum atomic E-state index is 11.9. The van der Waals surface area contributed by atoms with E-state index in [1.165, 1.54) is 44.9 Å². The van der Waals surface area contributed by atoms with Crippen LogP contribution in [-0.2, 0) is 4.79 Å². The molecule has 3 nitrogen and oxygen atoms in total. The van der Waals surface area contributed by atoms with E-state index in [0.717, 1.165) is 18.9 Å². The van der Waals surface area contributed by atoms with Crippen molar-refractivity contribution in [3.63, 3.8) is 0 Å². The number of hydrogen-bond donors (Lipinski definition) is 1. The van der Waals surface area contributed by atoms with Crippen molar-refractivity contribution in [2.24, 2.45) is 5.92 Å². The van der Waals surface area contributed by atoms with Crippen molar-refractivity contribution >= 4 is 5.91 Å². The second-order valence-electron chi connectivity index (χ2n) is 6.46. The molecule has 3 rings (SSSR count). The Kier molecular flexibility index (Phi) is 3.60. The molecule has 0 spiro atoms. The zero-order valence-electron chi connectivity index (χ0n) is 11.5. The third-order valence-electron chi connectivity index (χ3n) is 5.31. The third-order valence-corrected chi connectivity index (χ3v) is 5.31. The standard InChI is InChI=1S/C15H26N2O/c1-11(12-6-3-2-4-7-12)16-13-10-15(18)17-9-5-8-14(13)17/h11-14,16H,2-10H2,1H3/t11-,13?,14?/m1/s1. The summed E-state index contributed by atoms with van der Waals surface area (Å²) < 4.78 is 0. The van der Waals surface area contributed by atoms with Crippen LogP contribution >= 0.6 is 0 Å². The van der Waals surface area contributed by atoms with Crippen molar-refractivity contribution in [1.29, 1.82) is 0 Å². The quantitative estimate of drug-likeness (QED) is 0.833. The lowest BCUT2D eigenvalue weighted by Crippen LogP contribution is -2.46. The van der Waals surface area contributed by atoms with Crippen molar-refractivity contribution in [3.8, 4) is 0 Å². The van der Waals surface area contributed by atoms with Gasteiger partial charge < -0.3 is 10.2 Å². The van der Waals surface area contributed by atoms with Gasteiger partial charge in [0.15, 0.2) is 0 Å². The minimum absolute atomic E-state index is 0.380. The number of carbonyl (C=O) groups excluding carboxylic acids is 1. The molecule has 3 fully saturated rings. The summed E-state index contributed by atoms with van der Waals surface area (Å²) in [6.07, 6.45) is 10.1. The van der Waals surface area contributed by atoms with Crippen LogP contribution < -0.4 is 5.32 Å². The largest absolute Gasteiger partial charge is 0.338 e. The number of hydrogen-bond acceptors (Lipinski definition) is 2. The van der Waals surface area contributed by atoms with Crippen LogP contribution in [0, 0.1) is 5.92 Å². The van der Waals surface area contributed by atoms with E-state index in [4.69, 9.17) is 0 Å². The van der Waals surface area contributed by atoms with E-state index < -0.39 is 0 Å². The highest BCUT2D eigenvalue weighted by Gasteiger charge is 2.42. The number of rotatable bonds is 3. The average molecular weight is 250 g/mol. The summed E-state index contributed by atoms with van der Waals surface area (Å²) in [6.45, 7) is 3.33. The first kappa shape index (κ1) is 12.5. The van der Waals surface area contributed by atoms with Crippen LogP contribution in [0.2, 0.25) is 0 Å². The third kappa shape index (κ3) is 2.29. The molecule has 0 aromatic heterocycles. The van der Waals surface area contributed by atoms with E-state index >= 15 is 0 Å². The molecule has 1 N–H and O–H groups in total. The van der Waals surface area contributed by atoms with E-state index in [1.54, 1.807) is 0 Å². The molecule has 3 aliphatic rings. The van der Waals surface area contributed by atoms with Gasteiger partial charge in [-0.2, -0.15) is 0 Å². The molecule has 102 valence electrons. The maximum Gasteiger partial charge on any atom is 0.224 e. The monoisotopic (exact) mass is 250 g/mol. The smallest absolute Gasteiger partial charge is 0.224 e. The molecule has 0 aromatic rings. The molecule has 18 heavy (non-hydrogen) atoms. The fourth-order valence-electron chi connectivity index (χ4n) is 4.24. The van der Waals surface area contributed by atoms with Crippen LogP contribution in [-0.4, -0.2) is 35.5 Å². The van der Waals surface area contributed by atoms with Gasteiger partial charge in [-0.3, -0.25) is 4.79 Å². The van der Waals surface area contributed by atoms with E-state index in [2.05, 4.69) is 17.1 Å². The van der Waals surface area contributed by atoms with Crippen molar-refractivity contribution in [1.82, 2.24) is 10.2 Å². The van der Waals surface area contributed by atoms with Crippen LogP contribution in [0.15, 0.2) is 0 Å². The van der Waals surface area contributed by atoms with Gasteiger partial charge in [0.25, 0.3) is 0 Å². The minimum Gasteiger partial charge on any atom is -0.338 e. The summed E-state index contributed by atoms with van der Waals surface area (Å²) >= 11 is 0. The van der Waals surface area contributed by atoms with E-state index in [9.17, 15) is 4.79 Å². The van der Waals surface area contributed by atoms with Crippen LogP contribution in [0.4, 0.5) is 0 Å². The Morgan fingerprint density at radius 2 is 1.94 bits per heavy atom. The van der Waals surface area contributed by atoms with Gasteiger partial charge in [0.2, 0.25) is 5.91 Å². The molecule has 2 saturated heterocycles. The Bertz CT molecular complexity index is 312. The second-order valence-corrected chi connectivity index (χ2v) is 6.46. The molecule has 1 amide bonds. The molecule has 1 saturated carbocycles. The van der Waals surface area contributed by atoms with Gasteiger partial charge >= 0.3 is 0 Å². The highest BCUT2D eigenvalue weighted by atomic mass is 16.2. The summed E-state index contributed by atoms with van der Waals surface area (Å²) in [7, 11) is 0. The number of fused-ring (bicyclic) bond motifs is 1. The fourth-order valence-corrected chi connectivity index (χ4v) is 4.24. The first-order valence-corrected chi connectivity index (χ1v) is 7.81. The first-order valence-electron chi connectivity index (χ1n) is 7.81. The second kappa shape index (κ2) is 5.20. The zero-order chi connectivity index (χ0) is 12.5. The Balaban J connectivity index is 1.57. The summed E-state index contributed by atoms with van der Waals surface area (Å²) in [5, 5.41) is 3.79. The van der Waals surface area contributed by atoms with Crippen molar-refractivity contribution in [2.75, 3.05) is 6.54 Å². The Hall–Kier alpha value is -0.570. The highest BCUT2D eigenvalue weighted by Crippen LogP contribution is 2.31. The van der Waals surface area contributed by atoms with Crippen LogP contribution in [0.3, 0.4) is 0 Å². The van der Waals surface area contributed by atoms with E-state index in [0.29, 0.717) is 24.0 Å². The maximum absolute atomic E-state index is 11.9. The summed E-state index contributed by atoms with van der Waals surface area (Å²) in [5.41, 5.74) is 0. The lowest BCUT2D eigenvalue weighted by Gasteiger charge is -2.32.